The molecule has 0 bridgehead atoms. The molecule has 1 aromatic carbocycles. The van der Waals surface area contributed by atoms with E-state index in [9.17, 15) is 8.42 Å². The van der Waals surface area contributed by atoms with Gasteiger partial charge in [-0.15, -0.1) is 5.10 Å². The summed E-state index contributed by atoms with van der Waals surface area (Å²) in [5.41, 5.74) is 5.97. The van der Waals surface area contributed by atoms with Gasteiger partial charge in [0.2, 0.25) is 10.0 Å². The van der Waals surface area contributed by atoms with Gasteiger partial charge in [0, 0.05) is 14.1 Å². The molecule has 8 heteroatoms. The third-order valence-electron chi connectivity index (χ3n) is 2.57. The Bertz CT molecular complexity index is 690. The van der Waals surface area contributed by atoms with E-state index in [0.717, 1.165) is 4.31 Å². The minimum Gasteiger partial charge on any atom is -0.381 e. The van der Waals surface area contributed by atoms with E-state index in [1.807, 2.05) is 0 Å². The lowest BCUT2D eigenvalue weighted by molar-refractivity contribution is 0.520. The number of hydrogen-bond acceptors (Lipinski definition) is 4. The third-order valence-corrected chi connectivity index (χ3v) is 4.72. The quantitative estimate of drug-likeness (QED) is 0.928. The van der Waals surface area contributed by atoms with Crippen LogP contribution in [0, 0.1) is 0 Å². The lowest BCUT2D eigenvalue weighted by atomic mass is 10.3. The van der Waals surface area contributed by atoms with Gasteiger partial charge < -0.3 is 5.73 Å². The van der Waals surface area contributed by atoms with Crippen LogP contribution in [0.5, 0.6) is 0 Å². The first-order valence-electron chi connectivity index (χ1n) is 5.36. The predicted molar refractivity (Wildman–Crippen MR) is 73.9 cm³/mol. The Kier molecular flexibility index (Phi) is 3.53. The summed E-state index contributed by atoms with van der Waals surface area (Å²) in [6, 6.07) is 6.51. The van der Waals surface area contributed by atoms with Crippen LogP contribution in [0.3, 0.4) is 0 Å². The van der Waals surface area contributed by atoms with Crippen LogP contribution >= 0.6 is 11.6 Å². The van der Waals surface area contributed by atoms with Crippen LogP contribution in [-0.4, -0.2) is 36.6 Å². The maximum atomic E-state index is 12.2. The average Bonchev–Trinajstić information content (AvgIpc) is 2.69. The molecule has 2 N–H and O–H groups in total. The molecule has 2 rings (SSSR count). The van der Waals surface area contributed by atoms with Crippen molar-refractivity contribution in [2.24, 2.45) is 0 Å². The molecule has 0 atom stereocenters. The van der Waals surface area contributed by atoms with E-state index in [1.54, 1.807) is 18.2 Å². The van der Waals surface area contributed by atoms with Gasteiger partial charge in [-0.1, -0.05) is 23.7 Å². The molecule has 19 heavy (non-hydrogen) atoms. The average molecular weight is 301 g/mol. The molecule has 0 aliphatic heterocycles. The number of para-hydroxylation sites is 1. The number of sulfonamides is 1. The first-order chi connectivity index (χ1) is 8.84. The van der Waals surface area contributed by atoms with Crippen LogP contribution < -0.4 is 5.73 Å². The standard InChI is InChI=1S/C11H13ClN4O2S/c1-15(2)19(17,18)10-6-4-3-5-9(10)16-7-8(12)11(13)14-16/h3-7H,1-2H3,(H2,13,14). The molecule has 0 radical (unpaired) electrons. The van der Waals surface area contributed by atoms with Crippen LogP contribution in [0.4, 0.5) is 5.82 Å². The monoisotopic (exact) mass is 300 g/mol. The Morgan fingerprint density at radius 3 is 2.47 bits per heavy atom. The number of nitrogens with zero attached hydrogens (tertiary/aromatic N) is 3. The van der Waals surface area contributed by atoms with Gasteiger partial charge >= 0.3 is 0 Å². The summed E-state index contributed by atoms with van der Waals surface area (Å²) in [4.78, 5) is 0.138. The van der Waals surface area contributed by atoms with E-state index in [1.165, 1.54) is 31.0 Å². The fourth-order valence-corrected chi connectivity index (χ4v) is 2.75. The van der Waals surface area contributed by atoms with Gasteiger partial charge in [0.05, 0.1) is 11.9 Å². The van der Waals surface area contributed by atoms with Gasteiger partial charge in [0.25, 0.3) is 0 Å². The molecule has 0 saturated heterocycles. The van der Waals surface area contributed by atoms with Crippen molar-refractivity contribution in [3.8, 4) is 5.69 Å². The molecular formula is C11H13ClN4O2S. The highest BCUT2D eigenvalue weighted by Gasteiger charge is 2.22. The highest BCUT2D eigenvalue weighted by molar-refractivity contribution is 7.89. The lowest BCUT2D eigenvalue weighted by Crippen LogP contribution is -2.23. The number of nitrogen functional groups attached to an aromatic ring is 1. The molecule has 1 heterocycles. The van der Waals surface area contributed by atoms with Gasteiger partial charge in [-0.2, -0.15) is 0 Å². The van der Waals surface area contributed by atoms with Crippen LogP contribution in [0.25, 0.3) is 5.69 Å². The Morgan fingerprint density at radius 1 is 1.32 bits per heavy atom. The molecule has 0 saturated carbocycles. The molecule has 0 spiro atoms. The van der Waals surface area contributed by atoms with E-state index >= 15 is 0 Å². The van der Waals surface area contributed by atoms with Gasteiger partial charge in [-0.3, -0.25) is 0 Å². The smallest absolute Gasteiger partial charge is 0.244 e. The first kappa shape index (κ1) is 13.9. The molecule has 2 aromatic rings. The fourth-order valence-electron chi connectivity index (χ4n) is 1.55. The molecule has 0 aliphatic carbocycles. The van der Waals surface area contributed by atoms with Crippen LogP contribution in [0.2, 0.25) is 5.02 Å². The number of rotatable bonds is 3. The summed E-state index contributed by atoms with van der Waals surface area (Å²) in [5, 5.41) is 4.27. The topological polar surface area (TPSA) is 81.2 Å². The largest absolute Gasteiger partial charge is 0.381 e. The molecule has 0 fully saturated rings. The zero-order valence-corrected chi connectivity index (χ0v) is 12.0. The molecule has 0 amide bonds. The van der Waals surface area contributed by atoms with Crippen molar-refractivity contribution in [3.63, 3.8) is 0 Å². The van der Waals surface area contributed by atoms with Gasteiger partial charge in [-0.25, -0.2) is 17.4 Å². The number of benzene rings is 1. The maximum Gasteiger partial charge on any atom is 0.244 e. The van der Waals surface area contributed by atoms with E-state index in [0.29, 0.717) is 5.69 Å². The zero-order valence-electron chi connectivity index (χ0n) is 10.4. The summed E-state index contributed by atoms with van der Waals surface area (Å²) in [6.45, 7) is 0. The summed E-state index contributed by atoms with van der Waals surface area (Å²) in [7, 11) is -0.633. The minimum atomic E-state index is -3.57. The normalized spacial score (nSPS) is 12.0. The van der Waals surface area contributed by atoms with Crippen molar-refractivity contribution in [2.45, 2.75) is 4.90 Å². The second-order valence-corrected chi connectivity index (χ2v) is 6.59. The lowest BCUT2D eigenvalue weighted by Gasteiger charge is -2.14. The van der Waals surface area contributed by atoms with Crippen molar-refractivity contribution in [1.82, 2.24) is 14.1 Å². The summed E-state index contributed by atoms with van der Waals surface area (Å²) >= 11 is 5.84. The number of aromatic nitrogens is 2. The molecular weight excluding hydrogens is 288 g/mol. The third kappa shape index (κ3) is 2.44. The minimum absolute atomic E-state index is 0.138. The maximum absolute atomic E-state index is 12.2. The van der Waals surface area contributed by atoms with Gasteiger partial charge in [0.1, 0.15) is 9.92 Å². The number of anilines is 1. The van der Waals surface area contributed by atoms with Crippen molar-refractivity contribution < 1.29 is 8.42 Å². The van der Waals surface area contributed by atoms with Gasteiger partial charge in [-0.05, 0) is 12.1 Å². The molecule has 102 valence electrons. The molecule has 1 aromatic heterocycles. The van der Waals surface area contributed by atoms with E-state index in [-0.39, 0.29) is 15.7 Å². The molecule has 0 aliphatic rings. The van der Waals surface area contributed by atoms with Crippen molar-refractivity contribution in [1.29, 1.82) is 0 Å². The second kappa shape index (κ2) is 4.84. The summed E-state index contributed by atoms with van der Waals surface area (Å²) in [5.74, 6) is 0.152. The second-order valence-electron chi connectivity index (χ2n) is 4.06. The van der Waals surface area contributed by atoms with Crippen LogP contribution in [-0.2, 0) is 10.0 Å². The Balaban J connectivity index is 2.67. The van der Waals surface area contributed by atoms with Crippen LogP contribution in [0.1, 0.15) is 0 Å². The Labute approximate surface area is 116 Å². The van der Waals surface area contributed by atoms with E-state index < -0.39 is 10.0 Å². The number of nitrogens with two attached hydrogens (primary N) is 1. The Morgan fingerprint density at radius 2 is 1.95 bits per heavy atom. The van der Waals surface area contributed by atoms with Crippen molar-refractivity contribution in [3.05, 3.63) is 35.5 Å². The summed E-state index contributed by atoms with van der Waals surface area (Å²) in [6.07, 6.45) is 1.47. The molecule has 0 unspecified atom stereocenters. The summed E-state index contributed by atoms with van der Waals surface area (Å²) < 4.78 is 27.0. The zero-order chi connectivity index (χ0) is 14.2. The van der Waals surface area contributed by atoms with Crippen molar-refractivity contribution >= 4 is 27.4 Å². The highest BCUT2D eigenvalue weighted by Crippen LogP contribution is 2.25. The highest BCUT2D eigenvalue weighted by atomic mass is 35.5. The number of halogens is 1. The Hall–Kier alpha value is -1.57. The number of hydrogen-bond donors (Lipinski definition) is 1. The van der Waals surface area contributed by atoms with Crippen molar-refractivity contribution in [2.75, 3.05) is 19.8 Å². The first-order valence-corrected chi connectivity index (χ1v) is 7.18. The van der Waals surface area contributed by atoms with E-state index in [4.69, 9.17) is 17.3 Å². The van der Waals surface area contributed by atoms with Crippen LogP contribution in [0.15, 0.2) is 35.4 Å². The molecule has 6 nitrogen and oxygen atoms in total. The van der Waals surface area contributed by atoms with Gasteiger partial charge in [0.15, 0.2) is 5.82 Å². The predicted octanol–water partition coefficient (Wildman–Crippen LogP) is 1.36. The fraction of sp³-hybridized carbons (Fsp3) is 0.182. The van der Waals surface area contributed by atoms with E-state index in [2.05, 4.69) is 5.10 Å². The SMILES string of the molecule is CN(C)S(=O)(=O)c1ccccc1-n1cc(Cl)c(N)n1.